The molecule has 0 spiro atoms. The van der Waals surface area contributed by atoms with E-state index >= 15 is 0 Å². The first-order chi connectivity index (χ1) is 7.26. The summed E-state index contributed by atoms with van der Waals surface area (Å²) in [7, 11) is 0. The number of hydrogen-bond acceptors (Lipinski definition) is 2. The Morgan fingerprint density at radius 2 is 1.93 bits per heavy atom. The second-order valence-electron chi connectivity index (χ2n) is 3.29. The average molecular weight is 207 g/mol. The van der Waals surface area contributed by atoms with Gasteiger partial charge in [0, 0.05) is 5.69 Å². The fraction of sp³-hybridized carbons (Fsp3) is 0.417. The van der Waals surface area contributed by atoms with Crippen LogP contribution in [0.25, 0.3) is 0 Å². The van der Waals surface area contributed by atoms with Gasteiger partial charge in [0.2, 0.25) is 0 Å². The van der Waals surface area contributed by atoms with Gasteiger partial charge in [0.05, 0.1) is 6.61 Å². The van der Waals surface area contributed by atoms with Crippen LogP contribution in [-0.4, -0.2) is 12.7 Å². The molecule has 3 nitrogen and oxygen atoms in total. The van der Waals surface area contributed by atoms with Crippen LogP contribution in [0.3, 0.4) is 0 Å². The van der Waals surface area contributed by atoms with E-state index in [4.69, 9.17) is 4.74 Å². The molecule has 1 aromatic rings. The van der Waals surface area contributed by atoms with Crippen LogP contribution in [-0.2, 0) is 11.2 Å². The molecule has 0 heterocycles. The fourth-order valence-electron chi connectivity index (χ4n) is 1.33. The molecule has 1 aromatic carbocycles. The van der Waals surface area contributed by atoms with Crippen LogP contribution in [0.15, 0.2) is 24.3 Å². The number of nitrogens with one attached hydrogen (secondary N) is 1. The SMILES string of the molecule is CCCc1ccc(NC(=O)OCC)cc1. The van der Waals surface area contributed by atoms with Crippen molar-refractivity contribution in [1.29, 1.82) is 0 Å². The number of hydrogen-bond donors (Lipinski definition) is 1. The van der Waals surface area contributed by atoms with Gasteiger partial charge in [0.15, 0.2) is 0 Å². The van der Waals surface area contributed by atoms with Crippen molar-refractivity contribution in [3.05, 3.63) is 29.8 Å². The minimum Gasteiger partial charge on any atom is -0.450 e. The highest BCUT2D eigenvalue weighted by Gasteiger charge is 2.00. The number of anilines is 1. The first kappa shape index (κ1) is 11.6. The van der Waals surface area contributed by atoms with Crippen molar-refractivity contribution in [2.75, 3.05) is 11.9 Å². The third-order valence-corrected chi connectivity index (χ3v) is 2.01. The number of benzene rings is 1. The zero-order valence-corrected chi connectivity index (χ0v) is 9.25. The van der Waals surface area contributed by atoms with Crippen LogP contribution < -0.4 is 5.32 Å². The predicted octanol–water partition coefficient (Wildman–Crippen LogP) is 3.21. The third kappa shape index (κ3) is 4.02. The number of carbonyl (C=O) groups is 1. The van der Waals surface area contributed by atoms with Gasteiger partial charge in [-0.3, -0.25) is 5.32 Å². The zero-order chi connectivity index (χ0) is 11.1. The lowest BCUT2D eigenvalue weighted by atomic mass is 10.1. The Morgan fingerprint density at radius 3 is 2.47 bits per heavy atom. The van der Waals surface area contributed by atoms with E-state index in [-0.39, 0.29) is 0 Å². The van der Waals surface area contributed by atoms with Crippen LogP contribution >= 0.6 is 0 Å². The van der Waals surface area contributed by atoms with E-state index in [9.17, 15) is 4.79 Å². The molecular formula is C12H17NO2. The van der Waals surface area contributed by atoms with Crippen molar-refractivity contribution in [1.82, 2.24) is 0 Å². The van der Waals surface area contributed by atoms with E-state index in [1.54, 1.807) is 6.92 Å². The van der Waals surface area contributed by atoms with Crippen LogP contribution in [0.2, 0.25) is 0 Å². The quantitative estimate of drug-likeness (QED) is 0.823. The lowest BCUT2D eigenvalue weighted by Gasteiger charge is -2.05. The van der Waals surface area contributed by atoms with Crippen molar-refractivity contribution < 1.29 is 9.53 Å². The van der Waals surface area contributed by atoms with Gasteiger partial charge >= 0.3 is 6.09 Å². The second-order valence-corrected chi connectivity index (χ2v) is 3.29. The molecule has 0 unspecified atom stereocenters. The van der Waals surface area contributed by atoms with Gasteiger partial charge < -0.3 is 4.74 Å². The Kier molecular flexibility index (Phi) is 4.68. The molecule has 1 amide bonds. The summed E-state index contributed by atoms with van der Waals surface area (Å²) in [6.45, 7) is 4.31. The summed E-state index contributed by atoms with van der Waals surface area (Å²) >= 11 is 0. The maximum Gasteiger partial charge on any atom is 0.411 e. The Hall–Kier alpha value is -1.51. The van der Waals surface area contributed by atoms with E-state index in [1.165, 1.54) is 5.56 Å². The summed E-state index contributed by atoms with van der Waals surface area (Å²) in [6.07, 6.45) is 1.80. The number of amides is 1. The van der Waals surface area contributed by atoms with E-state index in [2.05, 4.69) is 12.2 Å². The minimum absolute atomic E-state index is 0.389. The molecule has 0 atom stereocenters. The third-order valence-electron chi connectivity index (χ3n) is 2.01. The maximum atomic E-state index is 11.1. The summed E-state index contributed by atoms with van der Waals surface area (Å²) in [6, 6.07) is 7.82. The van der Waals surface area contributed by atoms with Crippen molar-refractivity contribution >= 4 is 11.8 Å². The number of carbonyl (C=O) groups excluding carboxylic acids is 1. The van der Waals surface area contributed by atoms with E-state index in [0.717, 1.165) is 18.5 Å². The summed E-state index contributed by atoms with van der Waals surface area (Å²) in [4.78, 5) is 11.1. The minimum atomic E-state index is -0.402. The molecular weight excluding hydrogens is 190 g/mol. The van der Waals surface area contributed by atoms with Crippen molar-refractivity contribution in [2.24, 2.45) is 0 Å². The molecule has 0 radical (unpaired) electrons. The van der Waals surface area contributed by atoms with Crippen molar-refractivity contribution in [3.8, 4) is 0 Å². The van der Waals surface area contributed by atoms with Crippen molar-refractivity contribution in [2.45, 2.75) is 26.7 Å². The average Bonchev–Trinajstić information content (AvgIpc) is 2.22. The largest absolute Gasteiger partial charge is 0.450 e. The number of rotatable bonds is 4. The normalized spacial score (nSPS) is 9.73. The summed E-state index contributed by atoms with van der Waals surface area (Å²) in [5, 5.41) is 2.65. The number of ether oxygens (including phenoxy) is 1. The molecule has 0 aliphatic carbocycles. The van der Waals surface area contributed by atoms with Gasteiger partial charge in [-0.15, -0.1) is 0 Å². The van der Waals surface area contributed by atoms with Gasteiger partial charge in [-0.05, 0) is 31.0 Å². The van der Waals surface area contributed by atoms with Crippen LogP contribution in [0, 0.1) is 0 Å². The molecule has 3 heteroatoms. The molecule has 82 valence electrons. The molecule has 0 aromatic heterocycles. The molecule has 15 heavy (non-hydrogen) atoms. The number of aryl methyl sites for hydroxylation is 1. The molecule has 0 aliphatic heterocycles. The predicted molar refractivity (Wildman–Crippen MR) is 61.1 cm³/mol. The Balaban J connectivity index is 2.52. The van der Waals surface area contributed by atoms with Crippen molar-refractivity contribution in [3.63, 3.8) is 0 Å². The molecule has 0 saturated heterocycles. The lowest BCUT2D eigenvalue weighted by Crippen LogP contribution is -2.13. The standard InChI is InChI=1S/C12H17NO2/c1-3-5-10-6-8-11(9-7-10)13-12(14)15-4-2/h6-9H,3-5H2,1-2H3,(H,13,14). The molecule has 0 bridgehead atoms. The Morgan fingerprint density at radius 1 is 1.27 bits per heavy atom. The van der Waals surface area contributed by atoms with E-state index in [0.29, 0.717) is 6.61 Å². The summed E-state index contributed by atoms with van der Waals surface area (Å²) < 4.78 is 4.77. The van der Waals surface area contributed by atoms with Gasteiger partial charge in [-0.2, -0.15) is 0 Å². The lowest BCUT2D eigenvalue weighted by molar-refractivity contribution is 0.168. The topological polar surface area (TPSA) is 38.3 Å². The monoisotopic (exact) mass is 207 g/mol. The highest BCUT2D eigenvalue weighted by atomic mass is 16.5. The first-order valence-electron chi connectivity index (χ1n) is 5.29. The molecule has 1 rings (SSSR count). The second kappa shape index (κ2) is 6.06. The van der Waals surface area contributed by atoms with Gasteiger partial charge in [0.1, 0.15) is 0 Å². The smallest absolute Gasteiger partial charge is 0.411 e. The van der Waals surface area contributed by atoms with Gasteiger partial charge in [0.25, 0.3) is 0 Å². The Labute approximate surface area is 90.4 Å². The fourth-order valence-corrected chi connectivity index (χ4v) is 1.33. The highest BCUT2D eigenvalue weighted by molar-refractivity contribution is 5.84. The Bertz CT molecular complexity index is 306. The first-order valence-corrected chi connectivity index (χ1v) is 5.29. The zero-order valence-electron chi connectivity index (χ0n) is 9.25. The van der Waals surface area contributed by atoms with Crippen LogP contribution in [0.4, 0.5) is 10.5 Å². The highest BCUT2D eigenvalue weighted by Crippen LogP contribution is 2.11. The molecule has 0 aliphatic rings. The van der Waals surface area contributed by atoms with E-state index < -0.39 is 6.09 Å². The molecule has 0 fully saturated rings. The summed E-state index contributed by atoms with van der Waals surface area (Å²) in [5.74, 6) is 0. The van der Waals surface area contributed by atoms with Crippen LogP contribution in [0.1, 0.15) is 25.8 Å². The molecule has 0 saturated carbocycles. The maximum absolute atomic E-state index is 11.1. The molecule has 1 N–H and O–H groups in total. The van der Waals surface area contributed by atoms with Crippen LogP contribution in [0.5, 0.6) is 0 Å². The van der Waals surface area contributed by atoms with Gasteiger partial charge in [-0.25, -0.2) is 4.79 Å². The van der Waals surface area contributed by atoms with E-state index in [1.807, 2.05) is 24.3 Å². The van der Waals surface area contributed by atoms with Gasteiger partial charge in [-0.1, -0.05) is 25.5 Å². The summed E-state index contributed by atoms with van der Waals surface area (Å²) in [5.41, 5.74) is 2.06.